The Labute approximate surface area is 186 Å². The van der Waals surface area contributed by atoms with E-state index in [4.69, 9.17) is 4.42 Å². The lowest BCUT2D eigenvalue weighted by atomic mass is 10.0. The molecule has 2 heterocycles. The number of imide groups is 1. The molecule has 4 rings (SSSR count). The summed E-state index contributed by atoms with van der Waals surface area (Å²) in [6, 6.07) is 12.4. The summed E-state index contributed by atoms with van der Waals surface area (Å²) in [4.78, 5) is 37.0. The summed E-state index contributed by atoms with van der Waals surface area (Å²) in [5.41, 5.74) is 2.10. The molecule has 0 saturated carbocycles. The number of thioether (sulfide) groups is 1. The second kappa shape index (κ2) is 8.43. The van der Waals surface area contributed by atoms with Crippen molar-refractivity contribution in [2.45, 2.75) is 20.4 Å². The number of aryl methyl sites for hydroxylation is 1. The molecule has 1 saturated heterocycles. The molecule has 2 amide bonds. The molecule has 0 radical (unpaired) electrons. The maximum Gasteiger partial charge on any atom is 0.293 e. The molecule has 9 heteroatoms. The number of hydrogen-bond acceptors (Lipinski definition) is 6. The highest BCUT2D eigenvalue weighted by atomic mass is 32.2. The Morgan fingerprint density at radius 3 is 2.62 bits per heavy atom. The Morgan fingerprint density at radius 1 is 1.16 bits per heavy atom. The van der Waals surface area contributed by atoms with Crippen molar-refractivity contribution in [3.05, 3.63) is 91.8 Å². The fraction of sp³-hybridized carbons (Fsp3) is 0.130. The largest absolute Gasteiger partial charge is 0.457 e. The second-order valence-electron chi connectivity index (χ2n) is 7.26. The summed E-state index contributed by atoms with van der Waals surface area (Å²) >= 11 is 0.744. The first-order valence-electron chi connectivity index (χ1n) is 9.59. The molecular formula is C23H17FN2O5S. The molecular weight excluding hydrogens is 435 g/mol. The lowest BCUT2D eigenvalue weighted by molar-refractivity contribution is -0.385. The van der Waals surface area contributed by atoms with Crippen molar-refractivity contribution < 1.29 is 23.3 Å². The summed E-state index contributed by atoms with van der Waals surface area (Å²) in [6.45, 7) is 3.30. The van der Waals surface area contributed by atoms with Crippen molar-refractivity contribution in [2.24, 2.45) is 0 Å². The van der Waals surface area contributed by atoms with Crippen LogP contribution >= 0.6 is 11.8 Å². The van der Waals surface area contributed by atoms with Crippen molar-refractivity contribution >= 4 is 34.7 Å². The van der Waals surface area contributed by atoms with Gasteiger partial charge >= 0.3 is 0 Å². The smallest absolute Gasteiger partial charge is 0.293 e. The number of nitro groups is 1. The van der Waals surface area contributed by atoms with E-state index in [-0.39, 0.29) is 22.7 Å². The average Bonchev–Trinajstić information content (AvgIpc) is 3.31. The van der Waals surface area contributed by atoms with Gasteiger partial charge in [-0.3, -0.25) is 24.6 Å². The fourth-order valence-corrected chi connectivity index (χ4v) is 4.14. The van der Waals surface area contributed by atoms with Crippen LogP contribution in [0.1, 0.15) is 22.5 Å². The van der Waals surface area contributed by atoms with Crippen LogP contribution in [0.25, 0.3) is 17.4 Å². The summed E-state index contributed by atoms with van der Waals surface area (Å²) in [5, 5.41) is 10.8. The van der Waals surface area contributed by atoms with Crippen LogP contribution in [-0.4, -0.2) is 21.0 Å². The molecule has 0 N–H and O–H groups in total. The number of halogens is 1. The lowest BCUT2D eigenvalue weighted by Gasteiger charge is -2.12. The molecule has 1 fully saturated rings. The van der Waals surface area contributed by atoms with Gasteiger partial charge in [-0.2, -0.15) is 0 Å². The number of hydrogen-bond donors (Lipinski definition) is 0. The summed E-state index contributed by atoms with van der Waals surface area (Å²) < 4.78 is 19.7. The molecule has 1 aromatic heterocycles. The van der Waals surface area contributed by atoms with Crippen molar-refractivity contribution in [3.63, 3.8) is 0 Å². The van der Waals surface area contributed by atoms with E-state index in [2.05, 4.69) is 0 Å². The monoisotopic (exact) mass is 452 g/mol. The minimum Gasteiger partial charge on any atom is -0.457 e. The fourth-order valence-electron chi connectivity index (χ4n) is 3.32. The number of benzene rings is 2. The van der Waals surface area contributed by atoms with Crippen LogP contribution in [0, 0.1) is 29.8 Å². The summed E-state index contributed by atoms with van der Waals surface area (Å²) in [6.07, 6.45) is 1.44. The molecule has 0 bridgehead atoms. The van der Waals surface area contributed by atoms with Gasteiger partial charge in [-0.25, -0.2) is 4.39 Å². The van der Waals surface area contributed by atoms with Gasteiger partial charge in [-0.05, 0) is 55.4 Å². The number of rotatable bonds is 5. The third kappa shape index (κ3) is 4.06. The van der Waals surface area contributed by atoms with E-state index in [0.717, 1.165) is 22.2 Å². The molecule has 0 spiro atoms. The normalized spacial score (nSPS) is 15.1. The van der Waals surface area contributed by atoms with E-state index in [1.54, 1.807) is 38.1 Å². The van der Waals surface area contributed by atoms with E-state index < -0.39 is 21.9 Å². The molecule has 2 aromatic carbocycles. The highest BCUT2D eigenvalue weighted by Crippen LogP contribution is 2.35. The Morgan fingerprint density at radius 2 is 1.91 bits per heavy atom. The van der Waals surface area contributed by atoms with E-state index >= 15 is 0 Å². The van der Waals surface area contributed by atoms with Crippen LogP contribution in [0.3, 0.4) is 0 Å². The Hall–Kier alpha value is -3.72. The standard InChI is InChI=1S/C23H17FN2O5S/c1-13-9-16(10-19(14(13)2)26(29)30)20-8-7-17(31-20)11-21-22(27)25(23(28)32-21)12-15-5-3-4-6-18(15)24/h3-11H,12H2,1-2H3/b21-11+. The van der Waals surface area contributed by atoms with Crippen molar-refractivity contribution in [1.29, 1.82) is 0 Å². The minimum absolute atomic E-state index is 0.00721. The van der Waals surface area contributed by atoms with Gasteiger partial charge in [0.05, 0.1) is 16.4 Å². The zero-order chi connectivity index (χ0) is 23.0. The number of nitro benzene ring substituents is 1. The molecule has 0 atom stereocenters. The predicted molar refractivity (Wildman–Crippen MR) is 118 cm³/mol. The predicted octanol–water partition coefficient (Wildman–Crippen LogP) is 5.85. The van der Waals surface area contributed by atoms with Gasteiger partial charge in [0, 0.05) is 28.8 Å². The molecule has 1 aliphatic rings. The lowest BCUT2D eigenvalue weighted by Crippen LogP contribution is -2.27. The first-order valence-corrected chi connectivity index (χ1v) is 10.4. The Kier molecular flexibility index (Phi) is 5.67. The van der Waals surface area contributed by atoms with Crippen molar-refractivity contribution in [3.8, 4) is 11.3 Å². The molecule has 1 aliphatic heterocycles. The van der Waals surface area contributed by atoms with Crippen LogP contribution in [0.2, 0.25) is 0 Å². The van der Waals surface area contributed by atoms with Gasteiger partial charge in [0.25, 0.3) is 16.8 Å². The molecule has 7 nitrogen and oxygen atoms in total. The minimum atomic E-state index is -0.539. The first kappa shape index (κ1) is 21.5. The Balaban J connectivity index is 1.59. The van der Waals surface area contributed by atoms with Gasteiger partial charge in [-0.15, -0.1) is 0 Å². The topological polar surface area (TPSA) is 93.7 Å². The molecule has 3 aromatic rings. The quantitative estimate of drug-likeness (QED) is 0.274. The molecule has 32 heavy (non-hydrogen) atoms. The summed E-state index contributed by atoms with van der Waals surface area (Å²) in [5.74, 6) is -0.318. The van der Waals surface area contributed by atoms with Crippen LogP contribution in [-0.2, 0) is 11.3 Å². The number of amides is 2. The molecule has 162 valence electrons. The van der Waals surface area contributed by atoms with E-state index in [9.17, 15) is 24.1 Å². The van der Waals surface area contributed by atoms with Gasteiger partial charge in [0.2, 0.25) is 0 Å². The first-order chi connectivity index (χ1) is 15.2. The number of furan rings is 1. The number of carbonyl (C=O) groups excluding carboxylic acids is 2. The summed E-state index contributed by atoms with van der Waals surface area (Å²) in [7, 11) is 0. The van der Waals surface area contributed by atoms with Gasteiger partial charge < -0.3 is 4.42 Å². The zero-order valence-electron chi connectivity index (χ0n) is 17.1. The van der Waals surface area contributed by atoms with Crippen LogP contribution in [0.4, 0.5) is 14.9 Å². The highest BCUT2D eigenvalue weighted by molar-refractivity contribution is 8.18. The van der Waals surface area contributed by atoms with E-state index in [1.807, 2.05) is 0 Å². The zero-order valence-corrected chi connectivity index (χ0v) is 17.9. The average molecular weight is 452 g/mol. The van der Waals surface area contributed by atoms with Gasteiger partial charge in [0.15, 0.2) is 0 Å². The number of nitrogens with zero attached hydrogens (tertiary/aromatic N) is 2. The molecule has 0 aliphatic carbocycles. The van der Waals surface area contributed by atoms with Crippen molar-refractivity contribution in [2.75, 3.05) is 0 Å². The van der Waals surface area contributed by atoms with Crippen LogP contribution in [0.5, 0.6) is 0 Å². The van der Waals surface area contributed by atoms with Gasteiger partial charge in [-0.1, -0.05) is 18.2 Å². The highest BCUT2D eigenvalue weighted by Gasteiger charge is 2.35. The Bertz CT molecular complexity index is 1300. The van der Waals surface area contributed by atoms with Crippen LogP contribution < -0.4 is 0 Å². The van der Waals surface area contributed by atoms with Crippen molar-refractivity contribution in [1.82, 2.24) is 4.90 Å². The van der Waals surface area contributed by atoms with E-state index in [1.165, 1.54) is 30.3 Å². The third-order valence-electron chi connectivity index (χ3n) is 5.18. The third-order valence-corrected chi connectivity index (χ3v) is 6.09. The van der Waals surface area contributed by atoms with E-state index in [0.29, 0.717) is 22.6 Å². The maximum atomic E-state index is 13.9. The van der Waals surface area contributed by atoms with Crippen LogP contribution in [0.15, 0.2) is 57.9 Å². The SMILES string of the molecule is Cc1cc(-c2ccc(/C=C3/SC(=O)N(Cc4ccccc4F)C3=O)o2)cc([N+](=O)[O-])c1C. The van der Waals surface area contributed by atoms with Gasteiger partial charge in [0.1, 0.15) is 17.3 Å². The second-order valence-corrected chi connectivity index (χ2v) is 8.25. The maximum absolute atomic E-state index is 13.9. The number of carbonyl (C=O) groups is 2. The molecule has 0 unspecified atom stereocenters.